The van der Waals surface area contributed by atoms with E-state index in [1.807, 2.05) is 17.4 Å². The highest BCUT2D eigenvalue weighted by Crippen LogP contribution is 2.30. The number of rotatable bonds is 4. The molecule has 19 heavy (non-hydrogen) atoms. The summed E-state index contributed by atoms with van der Waals surface area (Å²) in [4.78, 5) is 4.79. The molecule has 1 aliphatic rings. The van der Waals surface area contributed by atoms with E-state index in [1.165, 1.54) is 29.8 Å². The number of hydrogen-bond acceptors (Lipinski definition) is 3. The molecule has 100 valence electrons. The Morgan fingerprint density at radius 3 is 2.84 bits per heavy atom. The number of thiazole rings is 1. The Morgan fingerprint density at radius 2 is 2.11 bits per heavy atom. The van der Waals surface area contributed by atoms with Crippen LogP contribution in [0.2, 0.25) is 0 Å². The third-order valence-electron chi connectivity index (χ3n) is 4.03. The molecular weight excluding hydrogens is 252 g/mol. The summed E-state index contributed by atoms with van der Waals surface area (Å²) in [5.41, 5.74) is 2.35. The predicted molar refractivity (Wildman–Crippen MR) is 81.4 cm³/mol. The zero-order valence-corrected chi connectivity index (χ0v) is 12.1. The van der Waals surface area contributed by atoms with Crippen LogP contribution in [0.3, 0.4) is 0 Å². The van der Waals surface area contributed by atoms with E-state index in [-0.39, 0.29) is 0 Å². The SMILES string of the molecule is CNC1CCC(Cc2nc(-c3ccccc3)cs2)C1. The Hall–Kier alpha value is -1.19. The van der Waals surface area contributed by atoms with Gasteiger partial charge in [0.2, 0.25) is 0 Å². The Balaban J connectivity index is 1.66. The van der Waals surface area contributed by atoms with Gasteiger partial charge in [0, 0.05) is 23.4 Å². The molecule has 3 rings (SSSR count). The minimum atomic E-state index is 0.721. The lowest BCUT2D eigenvalue weighted by atomic mass is 10.0. The van der Waals surface area contributed by atoms with Gasteiger partial charge >= 0.3 is 0 Å². The Bertz CT molecular complexity index is 521. The maximum Gasteiger partial charge on any atom is 0.0935 e. The van der Waals surface area contributed by atoms with Crippen molar-refractivity contribution >= 4 is 11.3 Å². The number of nitrogens with one attached hydrogen (secondary N) is 1. The van der Waals surface area contributed by atoms with Gasteiger partial charge in [-0.05, 0) is 32.2 Å². The van der Waals surface area contributed by atoms with Crippen LogP contribution in [-0.4, -0.2) is 18.1 Å². The van der Waals surface area contributed by atoms with Crippen LogP contribution in [0.1, 0.15) is 24.3 Å². The van der Waals surface area contributed by atoms with Gasteiger partial charge in [-0.1, -0.05) is 30.3 Å². The van der Waals surface area contributed by atoms with Gasteiger partial charge in [0.15, 0.2) is 0 Å². The van der Waals surface area contributed by atoms with Crippen molar-refractivity contribution < 1.29 is 0 Å². The Morgan fingerprint density at radius 1 is 1.26 bits per heavy atom. The van der Waals surface area contributed by atoms with Gasteiger partial charge in [-0.15, -0.1) is 11.3 Å². The lowest BCUT2D eigenvalue weighted by Crippen LogP contribution is -2.21. The smallest absolute Gasteiger partial charge is 0.0935 e. The van der Waals surface area contributed by atoms with Crippen LogP contribution in [-0.2, 0) is 6.42 Å². The molecule has 1 aliphatic carbocycles. The summed E-state index contributed by atoms with van der Waals surface area (Å²) in [6.45, 7) is 0. The first-order chi connectivity index (χ1) is 9.35. The summed E-state index contributed by atoms with van der Waals surface area (Å²) in [6.07, 6.45) is 5.11. The van der Waals surface area contributed by atoms with Gasteiger partial charge < -0.3 is 5.32 Å². The third-order valence-corrected chi connectivity index (χ3v) is 4.91. The Labute approximate surface area is 118 Å². The molecule has 1 saturated carbocycles. The molecule has 1 heterocycles. The fourth-order valence-corrected chi connectivity index (χ4v) is 3.84. The zero-order chi connectivity index (χ0) is 13.1. The first kappa shape index (κ1) is 12.8. The van der Waals surface area contributed by atoms with Gasteiger partial charge in [-0.2, -0.15) is 0 Å². The van der Waals surface area contributed by atoms with Gasteiger partial charge in [-0.3, -0.25) is 0 Å². The highest BCUT2D eigenvalue weighted by Gasteiger charge is 2.24. The minimum absolute atomic E-state index is 0.721. The van der Waals surface area contributed by atoms with Crippen LogP contribution < -0.4 is 5.32 Å². The second kappa shape index (κ2) is 5.85. The predicted octanol–water partition coefficient (Wildman–Crippen LogP) is 3.74. The monoisotopic (exact) mass is 272 g/mol. The van der Waals surface area contributed by atoms with Crippen LogP contribution in [0.5, 0.6) is 0 Å². The lowest BCUT2D eigenvalue weighted by molar-refractivity contribution is 0.509. The molecule has 1 fully saturated rings. The number of benzene rings is 1. The standard InChI is InChI=1S/C16H20N2S/c1-17-14-8-7-12(9-14)10-16-18-15(11-19-16)13-5-3-2-4-6-13/h2-6,11-12,14,17H,7-10H2,1H3. The average molecular weight is 272 g/mol. The van der Waals surface area contributed by atoms with Gasteiger partial charge in [-0.25, -0.2) is 4.98 Å². The van der Waals surface area contributed by atoms with Crippen molar-refractivity contribution in [1.29, 1.82) is 0 Å². The molecule has 0 spiro atoms. The van der Waals surface area contributed by atoms with Crippen LogP contribution in [0.15, 0.2) is 35.7 Å². The summed E-state index contributed by atoms with van der Waals surface area (Å²) in [5.74, 6) is 0.812. The van der Waals surface area contributed by atoms with Crippen LogP contribution >= 0.6 is 11.3 Å². The quantitative estimate of drug-likeness (QED) is 0.917. The highest BCUT2D eigenvalue weighted by molar-refractivity contribution is 7.09. The van der Waals surface area contributed by atoms with Crippen LogP contribution in [0, 0.1) is 5.92 Å². The van der Waals surface area contributed by atoms with Gasteiger partial charge in [0.05, 0.1) is 10.7 Å². The van der Waals surface area contributed by atoms with Crippen molar-refractivity contribution in [1.82, 2.24) is 10.3 Å². The topological polar surface area (TPSA) is 24.9 Å². The molecule has 0 saturated heterocycles. The average Bonchev–Trinajstić information content (AvgIpc) is 3.09. The second-order valence-corrected chi connectivity index (χ2v) is 6.30. The van der Waals surface area contributed by atoms with E-state index in [0.717, 1.165) is 24.1 Å². The molecule has 1 N–H and O–H groups in total. The second-order valence-electron chi connectivity index (χ2n) is 5.36. The molecule has 2 atom stereocenters. The van der Waals surface area contributed by atoms with Crippen LogP contribution in [0.4, 0.5) is 0 Å². The fraction of sp³-hybridized carbons (Fsp3) is 0.438. The van der Waals surface area contributed by atoms with Crippen molar-refractivity contribution in [3.63, 3.8) is 0 Å². The van der Waals surface area contributed by atoms with E-state index in [0.29, 0.717) is 0 Å². The molecule has 0 bridgehead atoms. The molecule has 2 unspecified atom stereocenters. The first-order valence-electron chi connectivity index (χ1n) is 7.02. The molecule has 0 aliphatic heterocycles. The maximum atomic E-state index is 4.79. The molecule has 1 aromatic carbocycles. The maximum absolute atomic E-state index is 4.79. The fourth-order valence-electron chi connectivity index (χ4n) is 2.92. The molecule has 2 aromatic rings. The van der Waals surface area contributed by atoms with Gasteiger partial charge in [0.1, 0.15) is 0 Å². The molecular formula is C16H20N2S. The van der Waals surface area contributed by atoms with Crippen molar-refractivity contribution in [3.8, 4) is 11.3 Å². The highest BCUT2D eigenvalue weighted by atomic mass is 32.1. The summed E-state index contributed by atoms with van der Waals surface area (Å²) < 4.78 is 0. The van der Waals surface area contributed by atoms with E-state index >= 15 is 0 Å². The number of nitrogens with zero attached hydrogens (tertiary/aromatic N) is 1. The number of aromatic nitrogens is 1. The first-order valence-corrected chi connectivity index (χ1v) is 7.90. The summed E-state index contributed by atoms with van der Waals surface area (Å²) in [7, 11) is 2.07. The minimum Gasteiger partial charge on any atom is -0.317 e. The number of hydrogen-bond donors (Lipinski definition) is 1. The van der Waals surface area contributed by atoms with E-state index in [2.05, 4.69) is 42.0 Å². The molecule has 3 heteroatoms. The van der Waals surface area contributed by atoms with E-state index in [4.69, 9.17) is 4.98 Å². The van der Waals surface area contributed by atoms with Crippen LogP contribution in [0.25, 0.3) is 11.3 Å². The van der Waals surface area contributed by atoms with Crippen molar-refractivity contribution in [2.45, 2.75) is 31.7 Å². The summed E-state index contributed by atoms with van der Waals surface area (Å²) >= 11 is 1.81. The lowest BCUT2D eigenvalue weighted by Gasteiger charge is -2.08. The normalized spacial score (nSPS) is 22.8. The largest absolute Gasteiger partial charge is 0.317 e. The van der Waals surface area contributed by atoms with E-state index in [1.54, 1.807) is 0 Å². The van der Waals surface area contributed by atoms with Crippen molar-refractivity contribution in [2.75, 3.05) is 7.05 Å². The van der Waals surface area contributed by atoms with E-state index < -0.39 is 0 Å². The molecule has 2 nitrogen and oxygen atoms in total. The Kier molecular flexibility index (Phi) is 3.95. The van der Waals surface area contributed by atoms with Crippen molar-refractivity contribution in [3.05, 3.63) is 40.7 Å². The summed E-state index contributed by atoms with van der Waals surface area (Å²) in [6, 6.07) is 11.2. The molecule has 0 amide bonds. The molecule has 1 aromatic heterocycles. The van der Waals surface area contributed by atoms with Gasteiger partial charge in [0.25, 0.3) is 0 Å². The third kappa shape index (κ3) is 3.04. The van der Waals surface area contributed by atoms with E-state index in [9.17, 15) is 0 Å². The zero-order valence-electron chi connectivity index (χ0n) is 11.3. The van der Waals surface area contributed by atoms with Crippen molar-refractivity contribution in [2.24, 2.45) is 5.92 Å². The molecule has 0 radical (unpaired) electrons. The summed E-state index contributed by atoms with van der Waals surface area (Å²) in [5, 5.41) is 6.88.